The quantitative estimate of drug-likeness (QED) is 0.632. The Labute approximate surface area is 164 Å². The molecule has 0 bridgehead atoms. The summed E-state index contributed by atoms with van der Waals surface area (Å²) in [7, 11) is -3.64. The zero-order valence-electron chi connectivity index (χ0n) is 15.3. The molecule has 0 aliphatic heterocycles. The molecule has 1 aromatic carbocycles. The van der Waals surface area contributed by atoms with Crippen LogP contribution < -0.4 is 4.83 Å². The minimum absolute atomic E-state index is 0.242. The molecule has 6 heteroatoms. The third-order valence-corrected chi connectivity index (χ3v) is 10.2. The Kier molecular flexibility index (Phi) is 2.82. The summed E-state index contributed by atoms with van der Waals surface area (Å²) >= 11 is 0. The van der Waals surface area contributed by atoms with Gasteiger partial charge in [-0.2, -0.15) is 13.5 Å². The molecule has 5 saturated carbocycles. The number of carbonyl (C=O) groups is 1. The van der Waals surface area contributed by atoms with Gasteiger partial charge < -0.3 is 0 Å². The van der Waals surface area contributed by atoms with Gasteiger partial charge in [-0.15, -0.1) is 0 Å². The van der Waals surface area contributed by atoms with Crippen molar-refractivity contribution in [3.05, 3.63) is 42.5 Å². The van der Waals surface area contributed by atoms with E-state index in [0.717, 1.165) is 18.6 Å². The van der Waals surface area contributed by atoms with Crippen molar-refractivity contribution in [2.45, 2.75) is 17.7 Å². The fourth-order valence-electron chi connectivity index (χ4n) is 8.52. The number of nitrogens with one attached hydrogen (secondary N) is 1. The third kappa shape index (κ3) is 1.69. The van der Waals surface area contributed by atoms with Crippen molar-refractivity contribution in [1.82, 2.24) is 4.83 Å². The molecule has 144 valence electrons. The normalized spacial score (nSPS) is 50.1. The number of hydrogen-bond acceptors (Lipinski definition) is 4. The molecule has 6 aliphatic rings. The number of Topliss-reactive ketones (excluding diaryl/α,β-unsaturated/α-hetero) is 1. The summed E-state index contributed by atoms with van der Waals surface area (Å²) in [4.78, 5) is 15.5. The first-order valence-corrected chi connectivity index (χ1v) is 11.9. The molecule has 5 fully saturated rings. The number of ketones is 1. The molecule has 5 nitrogen and oxygen atoms in total. The van der Waals surface area contributed by atoms with E-state index >= 15 is 0 Å². The van der Waals surface area contributed by atoms with Crippen molar-refractivity contribution >= 4 is 21.5 Å². The Hall–Kier alpha value is -1.95. The number of carbonyl (C=O) groups excluding carboxylic acids is 1. The monoisotopic (exact) mass is 394 g/mol. The Balaban J connectivity index is 1.26. The van der Waals surface area contributed by atoms with Crippen molar-refractivity contribution < 1.29 is 13.2 Å². The largest absolute Gasteiger partial charge is 0.299 e. The predicted molar refractivity (Wildman–Crippen MR) is 102 cm³/mol. The summed E-state index contributed by atoms with van der Waals surface area (Å²) in [6, 6.07) is 8.42. The molecule has 0 aromatic heterocycles. The molecule has 0 amide bonds. The first-order valence-electron chi connectivity index (χ1n) is 10.4. The minimum atomic E-state index is -3.64. The lowest BCUT2D eigenvalue weighted by Crippen LogP contribution is -2.26. The first-order chi connectivity index (χ1) is 13.6. The summed E-state index contributed by atoms with van der Waals surface area (Å²) in [6.45, 7) is 0. The van der Waals surface area contributed by atoms with Crippen LogP contribution in [0.1, 0.15) is 12.8 Å². The molecule has 0 heterocycles. The van der Waals surface area contributed by atoms with Gasteiger partial charge in [0.2, 0.25) is 0 Å². The van der Waals surface area contributed by atoms with Crippen LogP contribution in [-0.4, -0.2) is 19.9 Å². The Morgan fingerprint density at radius 1 is 0.857 bits per heavy atom. The second-order valence-corrected chi connectivity index (χ2v) is 11.3. The van der Waals surface area contributed by atoms with Crippen molar-refractivity contribution in [3.63, 3.8) is 0 Å². The van der Waals surface area contributed by atoms with E-state index in [2.05, 4.69) is 22.1 Å². The molecule has 6 aliphatic carbocycles. The molecule has 0 saturated heterocycles. The van der Waals surface area contributed by atoms with Crippen LogP contribution in [0.25, 0.3) is 0 Å². The maximum atomic E-state index is 12.7. The highest BCUT2D eigenvalue weighted by atomic mass is 32.2. The van der Waals surface area contributed by atoms with Crippen LogP contribution in [0.2, 0.25) is 0 Å². The van der Waals surface area contributed by atoms with Crippen LogP contribution in [0.15, 0.2) is 52.5 Å². The number of rotatable bonds is 3. The van der Waals surface area contributed by atoms with Crippen LogP contribution in [-0.2, 0) is 14.8 Å². The lowest BCUT2D eigenvalue weighted by molar-refractivity contribution is -0.122. The van der Waals surface area contributed by atoms with Crippen LogP contribution in [0.3, 0.4) is 0 Å². The number of benzene rings is 1. The molecular formula is C22H22N2O3S. The molecular weight excluding hydrogens is 372 g/mol. The number of allylic oxidation sites excluding steroid dienone is 2. The lowest BCUT2D eigenvalue weighted by Gasteiger charge is -2.21. The van der Waals surface area contributed by atoms with E-state index in [-0.39, 0.29) is 10.8 Å². The van der Waals surface area contributed by atoms with Crippen molar-refractivity contribution in [2.75, 3.05) is 0 Å². The zero-order chi connectivity index (χ0) is 18.8. The average Bonchev–Trinajstić information content (AvgIpc) is 3.45. The second kappa shape index (κ2) is 4.96. The molecule has 1 aromatic rings. The third-order valence-electron chi connectivity index (χ3n) is 8.98. The topological polar surface area (TPSA) is 75.6 Å². The number of hydrogen-bond donors (Lipinski definition) is 1. The zero-order valence-corrected chi connectivity index (χ0v) is 16.1. The molecule has 7 rings (SSSR count). The summed E-state index contributed by atoms with van der Waals surface area (Å²) < 4.78 is 25.2. The standard InChI is InChI=1S/C22H22N2O3S/c25-16-9-14-13-8-15(23-24-28(26,27)10-4-2-1-3-5-10)18-11-6-7-12-17(11)22(20(13)18)21(14)19(12)16/h1-7,11-14,17-22,24H,8-9H2/b23-15-/t11-,12-,13+,14-,17+,18+,19+,20-,21+,22-/m0/s1. The van der Waals surface area contributed by atoms with Gasteiger partial charge in [-0.05, 0) is 65.9 Å². The molecule has 10 atom stereocenters. The van der Waals surface area contributed by atoms with Gasteiger partial charge in [0, 0.05) is 24.0 Å². The highest BCUT2D eigenvalue weighted by Gasteiger charge is 2.76. The predicted octanol–water partition coefficient (Wildman–Crippen LogP) is 2.47. The second-order valence-electron chi connectivity index (χ2n) is 9.61. The van der Waals surface area contributed by atoms with Crippen molar-refractivity contribution in [2.24, 2.45) is 64.3 Å². The fraction of sp³-hybridized carbons (Fsp3) is 0.545. The molecule has 28 heavy (non-hydrogen) atoms. The van der Waals surface area contributed by atoms with E-state index in [9.17, 15) is 13.2 Å². The Morgan fingerprint density at radius 3 is 2.32 bits per heavy atom. The van der Waals surface area contributed by atoms with E-state index in [1.165, 1.54) is 0 Å². The highest BCUT2D eigenvalue weighted by Crippen LogP contribution is 2.77. The number of sulfonamides is 1. The van der Waals surface area contributed by atoms with Crippen molar-refractivity contribution in [3.8, 4) is 0 Å². The SMILES string of the molecule is O=C1C[C@H]2[C@H]3C/C(=N/NS(=O)(=O)c4ccccc4)[C@H]4[C@H]5C=C[C@@H]6[C@H]1[C@@H]2[C@@H]([C@@H]65)[C@@H]34. The maximum Gasteiger partial charge on any atom is 0.276 e. The Bertz CT molecular complexity index is 1060. The highest BCUT2D eigenvalue weighted by molar-refractivity contribution is 7.89. The smallest absolute Gasteiger partial charge is 0.276 e. The van der Waals surface area contributed by atoms with E-state index in [0.29, 0.717) is 59.0 Å². The van der Waals surface area contributed by atoms with Gasteiger partial charge in [-0.3, -0.25) is 4.79 Å². The number of fused-ring (bicyclic) bond motifs is 3. The average molecular weight is 394 g/mol. The molecule has 1 N–H and O–H groups in total. The summed E-state index contributed by atoms with van der Waals surface area (Å²) in [5, 5.41) is 4.49. The summed E-state index contributed by atoms with van der Waals surface area (Å²) in [6.07, 6.45) is 6.24. The van der Waals surface area contributed by atoms with Crippen molar-refractivity contribution in [1.29, 1.82) is 0 Å². The van der Waals surface area contributed by atoms with E-state index < -0.39 is 10.0 Å². The van der Waals surface area contributed by atoms with Gasteiger partial charge in [0.05, 0.1) is 4.90 Å². The van der Waals surface area contributed by atoms with Gasteiger partial charge >= 0.3 is 0 Å². The summed E-state index contributed by atoms with van der Waals surface area (Å²) in [5.74, 6) is 5.50. The number of hydrazone groups is 1. The Morgan fingerprint density at radius 2 is 1.54 bits per heavy atom. The van der Waals surface area contributed by atoms with Crippen LogP contribution >= 0.6 is 0 Å². The molecule has 0 unspecified atom stereocenters. The van der Waals surface area contributed by atoms with E-state index in [1.54, 1.807) is 30.3 Å². The summed E-state index contributed by atoms with van der Waals surface area (Å²) in [5.41, 5.74) is 1.02. The van der Waals surface area contributed by atoms with Gasteiger partial charge in [0.25, 0.3) is 10.0 Å². The van der Waals surface area contributed by atoms with Crippen LogP contribution in [0.5, 0.6) is 0 Å². The molecule has 0 spiro atoms. The molecule has 0 radical (unpaired) electrons. The van der Waals surface area contributed by atoms with Gasteiger partial charge in [0.15, 0.2) is 0 Å². The first kappa shape index (κ1) is 15.9. The van der Waals surface area contributed by atoms with E-state index in [1.807, 2.05) is 0 Å². The number of nitrogens with zero attached hydrogens (tertiary/aromatic N) is 1. The fourth-order valence-corrected chi connectivity index (χ4v) is 9.38. The van der Waals surface area contributed by atoms with E-state index in [4.69, 9.17) is 0 Å². The van der Waals surface area contributed by atoms with Gasteiger partial charge in [-0.1, -0.05) is 30.4 Å². The van der Waals surface area contributed by atoms with Crippen LogP contribution in [0.4, 0.5) is 0 Å². The minimum Gasteiger partial charge on any atom is -0.299 e. The maximum absolute atomic E-state index is 12.7. The van der Waals surface area contributed by atoms with Crippen LogP contribution in [0, 0.1) is 59.2 Å². The lowest BCUT2D eigenvalue weighted by atomic mass is 9.83. The van der Waals surface area contributed by atoms with Gasteiger partial charge in [0.1, 0.15) is 5.78 Å². The van der Waals surface area contributed by atoms with Gasteiger partial charge in [-0.25, -0.2) is 4.83 Å².